The van der Waals surface area contributed by atoms with Gasteiger partial charge in [-0.2, -0.15) is 0 Å². The molecule has 1 atom stereocenters. The van der Waals surface area contributed by atoms with Crippen LogP contribution in [0.15, 0.2) is 0 Å². The molecule has 1 rings (SSSR count). The fourth-order valence-corrected chi connectivity index (χ4v) is 2.19. The van der Waals surface area contributed by atoms with E-state index in [1.165, 1.54) is 32.6 Å². The third kappa shape index (κ3) is 4.63. The molecular weight excluding hydrogens is 160 g/mol. The van der Waals surface area contributed by atoms with Crippen molar-refractivity contribution < 1.29 is 0 Å². The van der Waals surface area contributed by atoms with Crippen LogP contribution in [-0.4, -0.2) is 38.1 Å². The molecule has 0 aliphatic carbocycles. The molecular formula is C11H24N2. The Labute approximate surface area is 82.7 Å². The largest absolute Gasteiger partial charge is 0.316 e. The fourth-order valence-electron chi connectivity index (χ4n) is 2.19. The van der Waals surface area contributed by atoms with E-state index in [4.69, 9.17) is 0 Å². The molecule has 1 N–H and O–H groups in total. The normalized spacial score (nSPS) is 24.2. The molecule has 0 amide bonds. The van der Waals surface area contributed by atoms with E-state index in [9.17, 15) is 0 Å². The zero-order valence-corrected chi connectivity index (χ0v) is 9.56. The van der Waals surface area contributed by atoms with Gasteiger partial charge in [0.2, 0.25) is 0 Å². The Morgan fingerprint density at radius 1 is 1.38 bits per heavy atom. The average molecular weight is 184 g/mol. The highest BCUT2D eigenvalue weighted by Crippen LogP contribution is 2.16. The van der Waals surface area contributed by atoms with Gasteiger partial charge in [-0.1, -0.05) is 20.8 Å². The lowest BCUT2D eigenvalue weighted by atomic mass is 9.95. The highest BCUT2D eigenvalue weighted by molar-refractivity contribution is 4.75. The fraction of sp³-hybridized carbons (Fsp3) is 1.00. The second-order valence-corrected chi connectivity index (χ2v) is 5.62. The first-order valence-electron chi connectivity index (χ1n) is 5.37. The summed E-state index contributed by atoms with van der Waals surface area (Å²) in [4.78, 5) is 2.47. The quantitative estimate of drug-likeness (QED) is 0.716. The zero-order chi connectivity index (χ0) is 9.90. The number of hydrogen-bond donors (Lipinski definition) is 1. The molecule has 1 unspecified atom stereocenters. The van der Waals surface area contributed by atoms with Gasteiger partial charge in [0, 0.05) is 13.1 Å². The van der Waals surface area contributed by atoms with Gasteiger partial charge in [-0.15, -0.1) is 0 Å². The highest BCUT2D eigenvalue weighted by atomic mass is 15.1. The van der Waals surface area contributed by atoms with E-state index in [0.717, 1.165) is 5.92 Å². The summed E-state index contributed by atoms with van der Waals surface area (Å²) in [5.74, 6) is 0.882. The molecule has 0 spiro atoms. The Balaban J connectivity index is 2.20. The Morgan fingerprint density at radius 3 is 2.54 bits per heavy atom. The van der Waals surface area contributed by atoms with Crippen LogP contribution in [0.25, 0.3) is 0 Å². The van der Waals surface area contributed by atoms with Crippen LogP contribution in [0, 0.1) is 11.3 Å². The van der Waals surface area contributed by atoms with Gasteiger partial charge in [0.05, 0.1) is 0 Å². The number of hydrogen-bond acceptors (Lipinski definition) is 2. The third-order valence-corrected chi connectivity index (χ3v) is 2.48. The molecule has 0 bridgehead atoms. The lowest BCUT2D eigenvalue weighted by Gasteiger charge is -2.28. The van der Waals surface area contributed by atoms with E-state index < -0.39 is 0 Å². The summed E-state index contributed by atoms with van der Waals surface area (Å²) in [7, 11) is 2.24. The molecule has 0 radical (unpaired) electrons. The van der Waals surface area contributed by atoms with Gasteiger partial charge in [-0.3, -0.25) is 0 Å². The van der Waals surface area contributed by atoms with Crippen molar-refractivity contribution >= 4 is 0 Å². The summed E-state index contributed by atoms with van der Waals surface area (Å²) in [6.07, 6.45) is 1.36. The molecule has 1 aliphatic heterocycles. The topological polar surface area (TPSA) is 15.3 Å². The van der Waals surface area contributed by atoms with Gasteiger partial charge in [-0.05, 0) is 37.9 Å². The van der Waals surface area contributed by atoms with Crippen LogP contribution < -0.4 is 5.32 Å². The molecule has 78 valence electrons. The summed E-state index contributed by atoms with van der Waals surface area (Å²) in [5, 5.41) is 3.41. The van der Waals surface area contributed by atoms with E-state index >= 15 is 0 Å². The summed E-state index contributed by atoms with van der Waals surface area (Å²) in [6.45, 7) is 11.8. The number of nitrogens with zero attached hydrogens (tertiary/aromatic N) is 1. The third-order valence-electron chi connectivity index (χ3n) is 2.48. The van der Waals surface area contributed by atoms with Crippen molar-refractivity contribution in [2.45, 2.75) is 27.2 Å². The Kier molecular flexibility index (Phi) is 3.74. The van der Waals surface area contributed by atoms with Gasteiger partial charge >= 0.3 is 0 Å². The average Bonchev–Trinajstić information content (AvgIpc) is 2.34. The van der Waals surface area contributed by atoms with Gasteiger partial charge < -0.3 is 10.2 Å². The van der Waals surface area contributed by atoms with Crippen molar-refractivity contribution in [2.75, 3.05) is 33.2 Å². The van der Waals surface area contributed by atoms with Crippen molar-refractivity contribution in [3.05, 3.63) is 0 Å². The monoisotopic (exact) mass is 184 g/mol. The first kappa shape index (κ1) is 11.0. The molecule has 0 aromatic rings. The van der Waals surface area contributed by atoms with Crippen LogP contribution in [0.1, 0.15) is 27.2 Å². The van der Waals surface area contributed by atoms with E-state index in [1.807, 2.05) is 0 Å². The van der Waals surface area contributed by atoms with Crippen LogP contribution in [0.3, 0.4) is 0 Å². The van der Waals surface area contributed by atoms with Crippen molar-refractivity contribution in [3.63, 3.8) is 0 Å². The summed E-state index contributed by atoms with van der Waals surface area (Å²) >= 11 is 0. The van der Waals surface area contributed by atoms with Crippen molar-refractivity contribution in [1.82, 2.24) is 10.2 Å². The standard InChI is InChI=1S/C11H24N2/c1-11(2,3)9-13(4)8-10-5-6-12-7-10/h10,12H,5-9H2,1-4H3. The van der Waals surface area contributed by atoms with Crippen molar-refractivity contribution in [1.29, 1.82) is 0 Å². The zero-order valence-electron chi connectivity index (χ0n) is 9.56. The predicted molar refractivity (Wildman–Crippen MR) is 57.9 cm³/mol. The summed E-state index contributed by atoms with van der Waals surface area (Å²) in [5.41, 5.74) is 0.431. The van der Waals surface area contributed by atoms with Crippen LogP contribution in [0.4, 0.5) is 0 Å². The SMILES string of the molecule is CN(CC1CCNC1)CC(C)(C)C. The van der Waals surface area contributed by atoms with Crippen LogP contribution in [0.5, 0.6) is 0 Å². The van der Waals surface area contributed by atoms with Gasteiger partial charge in [0.1, 0.15) is 0 Å². The maximum Gasteiger partial charge on any atom is 0.00271 e. The van der Waals surface area contributed by atoms with Crippen LogP contribution in [0.2, 0.25) is 0 Å². The second-order valence-electron chi connectivity index (χ2n) is 5.62. The number of nitrogens with one attached hydrogen (secondary N) is 1. The first-order chi connectivity index (χ1) is 5.97. The first-order valence-corrected chi connectivity index (χ1v) is 5.37. The Morgan fingerprint density at radius 2 is 2.08 bits per heavy atom. The lowest BCUT2D eigenvalue weighted by Crippen LogP contribution is -2.33. The van der Waals surface area contributed by atoms with Crippen molar-refractivity contribution in [2.24, 2.45) is 11.3 Å². The Hall–Kier alpha value is -0.0800. The van der Waals surface area contributed by atoms with E-state index in [2.05, 4.69) is 38.0 Å². The maximum atomic E-state index is 3.41. The molecule has 0 aromatic heterocycles. The Bertz CT molecular complexity index is 143. The smallest absolute Gasteiger partial charge is 0.00271 e. The van der Waals surface area contributed by atoms with Crippen LogP contribution in [-0.2, 0) is 0 Å². The molecule has 1 aliphatic rings. The van der Waals surface area contributed by atoms with E-state index in [0.29, 0.717) is 5.41 Å². The van der Waals surface area contributed by atoms with Gasteiger partial charge in [0.25, 0.3) is 0 Å². The molecule has 1 saturated heterocycles. The maximum absolute atomic E-state index is 3.41. The summed E-state index contributed by atoms with van der Waals surface area (Å²) in [6, 6.07) is 0. The van der Waals surface area contributed by atoms with Gasteiger partial charge in [-0.25, -0.2) is 0 Å². The molecule has 0 saturated carbocycles. The minimum atomic E-state index is 0.431. The molecule has 0 aromatic carbocycles. The molecule has 13 heavy (non-hydrogen) atoms. The minimum absolute atomic E-state index is 0.431. The van der Waals surface area contributed by atoms with Crippen LogP contribution >= 0.6 is 0 Å². The predicted octanol–water partition coefficient (Wildman–Crippen LogP) is 1.57. The molecule has 2 heteroatoms. The van der Waals surface area contributed by atoms with E-state index in [-0.39, 0.29) is 0 Å². The summed E-state index contributed by atoms with van der Waals surface area (Å²) < 4.78 is 0. The molecule has 2 nitrogen and oxygen atoms in total. The van der Waals surface area contributed by atoms with Crippen molar-refractivity contribution in [3.8, 4) is 0 Å². The molecule has 1 fully saturated rings. The minimum Gasteiger partial charge on any atom is -0.316 e. The number of rotatable bonds is 3. The lowest BCUT2D eigenvalue weighted by molar-refractivity contribution is 0.204. The highest BCUT2D eigenvalue weighted by Gasteiger charge is 2.19. The second kappa shape index (κ2) is 4.43. The van der Waals surface area contributed by atoms with Gasteiger partial charge in [0.15, 0.2) is 0 Å². The molecule has 1 heterocycles. The van der Waals surface area contributed by atoms with E-state index in [1.54, 1.807) is 0 Å².